The van der Waals surface area contributed by atoms with Gasteiger partial charge in [0.15, 0.2) is 0 Å². The second-order valence-electron chi connectivity index (χ2n) is 6.24. The number of carbonyl (C=O) groups excluding carboxylic acids is 1. The summed E-state index contributed by atoms with van der Waals surface area (Å²) in [6, 6.07) is 1.40. The summed E-state index contributed by atoms with van der Waals surface area (Å²) < 4.78 is 1.45. The van der Waals surface area contributed by atoms with Gasteiger partial charge in [0.05, 0.1) is 4.92 Å². The molecule has 8 nitrogen and oxygen atoms in total. The summed E-state index contributed by atoms with van der Waals surface area (Å²) >= 11 is 0. The van der Waals surface area contributed by atoms with Gasteiger partial charge in [-0.15, -0.1) is 0 Å². The van der Waals surface area contributed by atoms with E-state index in [9.17, 15) is 14.9 Å². The first-order chi connectivity index (χ1) is 10.5. The zero-order valence-corrected chi connectivity index (χ0v) is 12.6. The van der Waals surface area contributed by atoms with E-state index in [-0.39, 0.29) is 11.6 Å². The van der Waals surface area contributed by atoms with E-state index in [0.717, 1.165) is 12.8 Å². The highest BCUT2D eigenvalue weighted by Crippen LogP contribution is 2.29. The molecule has 22 heavy (non-hydrogen) atoms. The number of nitro groups is 1. The lowest BCUT2D eigenvalue weighted by molar-refractivity contribution is -0.385. The van der Waals surface area contributed by atoms with E-state index in [1.807, 2.05) is 11.9 Å². The van der Waals surface area contributed by atoms with Gasteiger partial charge in [-0.2, -0.15) is 5.10 Å². The first kappa shape index (κ1) is 15.0. The molecule has 0 saturated carbocycles. The Balaban J connectivity index is 1.51. The van der Waals surface area contributed by atoms with Gasteiger partial charge >= 0.3 is 5.69 Å². The largest absolute Gasteiger partial charge is 0.343 e. The van der Waals surface area contributed by atoms with Gasteiger partial charge in [0.25, 0.3) is 0 Å². The molecule has 1 amide bonds. The molecule has 1 aromatic heterocycles. The molecule has 0 aliphatic carbocycles. The minimum Gasteiger partial charge on any atom is -0.343 e. The van der Waals surface area contributed by atoms with Crippen LogP contribution in [0.4, 0.5) is 5.69 Å². The van der Waals surface area contributed by atoms with Gasteiger partial charge in [-0.05, 0) is 25.7 Å². The number of nitrogens with one attached hydrogen (secondary N) is 1. The predicted molar refractivity (Wildman–Crippen MR) is 79.2 cm³/mol. The van der Waals surface area contributed by atoms with Crippen molar-refractivity contribution in [1.29, 1.82) is 0 Å². The molecule has 0 spiro atoms. The summed E-state index contributed by atoms with van der Waals surface area (Å²) in [5.41, 5.74) is -0.0456. The third-order valence-corrected chi connectivity index (χ3v) is 4.77. The summed E-state index contributed by atoms with van der Waals surface area (Å²) in [5.74, 6) is 0.0736. The lowest BCUT2D eigenvalue weighted by Gasteiger charge is -2.35. The third kappa shape index (κ3) is 3.11. The normalized spacial score (nSPS) is 26.9. The maximum absolute atomic E-state index is 12.3. The Morgan fingerprint density at radius 1 is 1.50 bits per heavy atom. The minimum absolute atomic E-state index is 0.0456. The van der Waals surface area contributed by atoms with Gasteiger partial charge in [-0.1, -0.05) is 0 Å². The summed E-state index contributed by atoms with van der Waals surface area (Å²) in [5, 5.41) is 18.1. The summed E-state index contributed by atoms with van der Waals surface area (Å²) in [4.78, 5) is 24.3. The Morgan fingerprint density at radius 3 is 2.77 bits per heavy atom. The van der Waals surface area contributed by atoms with Gasteiger partial charge in [0.2, 0.25) is 5.91 Å². The number of aryl methyl sites for hydroxylation is 1. The van der Waals surface area contributed by atoms with Crippen molar-refractivity contribution in [2.45, 2.75) is 56.8 Å². The molecule has 2 aliphatic rings. The van der Waals surface area contributed by atoms with E-state index in [2.05, 4.69) is 10.4 Å². The van der Waals surface area contributed by atoms with E-state index < -0.39 is 4.92 Å². The molecule has 0 radical (unpaired) electrons. The SMILES string of the molecule is CN(C(=O)CCn1cc([N+](=O)[O-])cn1)C1CC2CCC(C1)N2. The lowest BCUT2D eigenvalue weighted by Crippen LogP contribution is -2.48. The van der Waals surface area contributed by atoms with Gasteiger partial charge in [-0.3, -0.25) is 19.6 Å². The van der Waals surface area contributed by atoms with E-state index in [1.54, 1.807) is 0 Å². The van der Waals surface area contributed by atoms with Crippen LogP contribution in [0.15, 0.2) is 12.4 Å². The Morgan fingerprint density at radius 2 is 2.18 bits per heavy atom. The summed E-state index contributed by atoms with van der Waals surface area (Å²) in [7, 11) is 1.86. The van der Waals surface area contributed by atoms with Crippen molar-refractivity contribution < 1.29 is 9.72 Å². The highest BCUT2D eigenvalue weighted by Gasteiger charge is 2.36. The number of hydrogen-bond acceptors (Lipinski definition) is 5. The molecule has 2 bridgehead atoms. The Labute approximate surface area is 128 Å². The van der Waals surface area contributed by atoms with Gasteiger partial charge < -0.3 is 10.2 Å². The first-order valence-corrected chi connectivity index (χ1v) is 7.71. The summed E-state index contributed by atoms with van der Waals surface area (Å²) in [6.07, 6.45) is 7.34. The van der Waals surface area contributed by atoms with E-state index in [1.165, 1.54) is 29.9 Å². The van der Waals surface area contributed by atoms with Crippen LogP contribution in [0.3, 0.4) is 0 Å². The maximum atomic E-state index is 12.3. The lowest BCUT2D eigenvalue weighted by atomic mass is 9.98. The van der Waals surface area contributed by atoms with Crippen LogP contribution in [0.2, 0.25) is 0 Å². The molecule has 3 heterocycles. The predicted octanol–water partition coefficient (Wildman–Crippen LogP) is 0.923. The first-order valence-electron chi connectivity index (χ1n) is 7.71. The van der Waals surface area contributed by atoms with Crippen LogP contribution >= 0.6 is 0 Å². The fourth-order valence-electron chi connectivity index (χ4n) is 3.50. The molecule has 2 fully saturated rings. The molecular weight excluding hydrogens is 286 g/mol. The molecule has 0 aromatic carbocycles. The van der Waals surface area contributed by atoms with Crippen molar-refractivity contribution in [3.05, 3.63) is 22.5 Å². The fourth-order valence-corrected chi connectivity index (χ4v) is 3.50. The van der Waals surface area contributed by atoms with E-state index in [0.29, 0.717) is 31.1 Å². The van der Waals surface area contributed by atoms with Gasteiger partial charge in [0, 0.05) is 38.1 Å². The molecule has 2 atom stereocenters. The summed E-state index contributed by atoms with van der Waals surface area (Å²) in [6.45, 7) is 0.370. The van der Waals surface area contributed by atoms with Crippen LogP contribution < -0.4 is 5.32 Å². The molecule has 2 unspecified atom stereocenters. The van der Waals surface area contributed by atoms with Crippen molar-refractivity contribution in [3.8, 4) is 0 Å². The average molecular weight is 307 g/mol. The number of fused-ring (bicyclic) bond motifs is 2. The number of rotatable bonds is 5. The quantitative estimate of drug-likeness (QED) is 0.645. The van der Waals surface area contributed by atoms with Gasteiger partial charge in [0.1, 0.15) is 12.4 Å². The van der Waals surface area contributed by atoms with Crippen molar-refractivity contribution >= 4 is 11.6 Å². The van der Waals surface area contributed by atoms with Crippen LogP contribution in [0, 0.1) is 10.1 Å². The number of piperidine rings is 1. The second kappa shape index (κ2) is 6.04. The van der Waals surface area contributed by atoms with Crippen LogP contribution in [-0.2, 0) is 11.3 Å². The van der Waals surface area contributed by atoms with Crippen LogP contribution in [0.25, 0.3) is 0 Å². The average Bonchev–Trinajstić information content (AvgIpc) is 3.10. The number of aromatic nitrogens is 2. The molecular formula is C14H21N5O3. The highest BCUT2D eigenvalue weighted by atomic mass is 16.6. The van der Waals surface area contributed by atoms with Crippen LogP contribution in [0.1, 0.15) is 32.1 Å². The fraction of sp³-hybridized carbons (Fsp3) is 0.714. The maximum Gasteiger partial charge on any atom is 0.306 e. The number of hydrogen-bond donors (Lipinski definition) is 1. The number of carbonyl (C=O) groups is 1. The van der Waals surface area contributed by atoms with Gasteiger partial charge in [-0.25, -0.2) is 0 Å². The van der Waals surface area contributed by atoms with Crippen molar-refractivity contribution in [2.24, 2.45) is 0 Å². The Bertz CT molecular complexity index is 561. The third-order valence-electron chi connectivity index (χ3n) is 4.77. The molecule has 1 aromatic rings. The number of nitrogens with zero attached hydrogens (tertiary/aromatic N) is 4. The van der Waals surface area contributed by atoms with E-state index in [4.69, 9.17) is 0 Å². The molecule has 3 rings (SSSR count). The van der Waals surface area contributed by atoms with E-state index >= 15 is 0 Å². The molecule has 120 valence electrons. The van der Waals surface area contributed by atoms with Crippen molar-refractivity contribution in [3.63, 3.8) is 0 Å². The van der Waals surface area contributed by atoms with Crippen LogP contribution in [0.5, 0.6) is 0 Å². The second-order valence-corrected chi connectivity index (χ2v) is 6.24. The number of amides is 1. The van der Waals surface area contributed by atoms with Crippen LogP contribution in [-0.4, -0.2) is 50.7 Å². The highest BCUT2D eigenvalue weighted by molar-refractivity contribution is 5.76. The Kier molecular flexibility index (Phi) is 4.10. The standard InChI is InChI=1S/C14H21N5O3/c1-17(12-6-10-2-3-11(7-12)16-10)14(20)4-5-18-9-13(8-15-18)19(21)22/h8-12,16H,2-7H2,1H3. The monoisotopic (exact) mass is 307 g/mol. The molecule has 1 N–H and O–H groups in total. The smallest absolute Gasteiger partial charge is 0.306 e. The Hall–Kier alpha value is -1.96. The minimum atomic E-state index is -0.484. The molecule has 8 heteroatoms. The topological polar surface area (TPSA) is 93.3 Å². The zero-order chi connectivity index (χ0) is 15.7. The van der Waals surface area contributed by atoms with Crippen molar-refractivity contribution in [1.82, 2.24) is 20.0 Å². The zero-order valence-electron chi connectivity index (χ0n) is 12.6. The molecule has 2 aliphatic heterocycles. The van der Waals surface area contributed by atoms with Crippen molar-refractivity contribution in [2.75, 3.05) is 7.05 Å². The molecule has 2 saturated heterocycles.